The summed E-state index contributed by atoms with van der Waals surface area (Å²) in [5, 5.41) is 8.95. The van der Waals surface area contributed by atoms with Gasteiger partial charge in [-0.1, -0.05) is 19.4 Å². The Bertz CT molecular complexity index is 843. The molecule has 170 valence electrons. The van der Waals surface area contributed by atoms with Crippen LogP contribution >= 0.6 is 0 Å². The fourth-order valence-corrected chi connectivity index (χ4v) is 7.87. The molecule has 7 atom stereocenters. The fourth-order valence-electron chi connectivity index (χ4n) is 7.87. The number of esters is 1. The number of rotatable bonds is 5. The molecule has 6 nitrogen and oxygen atoms in total. The molecule has 0 unspecified atom stereocenters. The zero-order chi connectivity index (χ0) is 22.6. The molecule has 4 aliphatic rings. The summed E-state index contributed by atoms with van der Waals surface area (Å²) >= 11 is 0. The third-order valence-corrected chi connectivity index (χ3v) is 9.19. The number of carbonyl (C=O) groups excluding carboxylic acids is 3. The summed E-state index contributed by atoms with van der Waals surface area (Å²) in [4.78, 5) is 48.1. The summed E-state index contributed by atoms with van der Waals surface area (Å²) in [6, 6.07) is 0. The van der Waals surface area contributed by atoms with E-state index in [1.165, 1.54) is 5.57 Å². The molecule has 3 saturated carbocycles. The molecule has 0 bridgehead atoms. The number of carboxylic acid groups (broad SMARTS) is 1. The summed E-state index contributed by atoms with van der Waals surface area (Å²) in [7, 11) is 0. The van der Waals surface area contributed by atoms with Gasteiger partial charge in [0, 0.05) is 18.3 Å². The van der Waals surface area contributed by atoms with Gasteiger partial charge in [-0.05, 0) is 74.2 Å². The molecule has 0 radical (unpaired) electrons. The monoisotopic (exact) mass is 430 g/mol. The lowest BCUT2D eigenvalue weighted by atomic mass is 9.46. The minimum Gasteiger partial charge on any atom is -0.481 e. The molecule has 0 aromatic heterocycles. The van der Waals surface area contributed by atoms with Gasteiger partial charge in [-0.2, -0.15) is 0 Å². The van der Waals surface area contributed by atoms with Crippen LogP contribution in [-0.2, 0) is 23.9 Å². The molecule has 31 heavy (non-hydrogen) atoms. The fraction of sp³-hybridized carbons (Fsp3) is 0.760. The Morgan fingerprint density at radius 2 is 1.87 bits per heavy atom. The Balaban J connectivity index is 1.70. The first-order valence-electron chi connectivity index (χ1n) is 11.7. The van der Waals surface area contributed by atoms with E-state index in [-0.39, 0.29) is 53.2 Å². The SMILES string of the molecule is CC(=O)[C@H]1CC[C@@H]2[C@H]3CCC4=CC(=O)CC[C@]4(C)[C@H]3[C@H](OC(=O)CCC(=O)O)C[C@]12C. The standard InChI is InChI=1S/C25H34O6/c1-14(26)18-6-7-19-17-5-4-15-12-16(27)10-11-24(15,2)23(17)20(13-25(18,19)3)31-22(30)9-8-21(28)29/h12,17-20,23H,4-11,13H2,1-3H3,(H,28,29)/t17-,18-,19-,20-,23-,24+,25-/m1/s1. The molecule has 0 amide bonds. The first-order chi connectivity index (χ1) is 14.6. The number of fused-ring (bicyclic) bond motifs is 5. The highest BCUT2D eigenvalue weighted by Crippen LogP contribution is 2.67. The van der Waals surface area contributed by atoms with Gasteiger partial charge in [0.1, 0.15) is 11.9 Å². The normalized spacial score (nSPS) is 41.5. The number of hydrogen-bond donors (Lipinski definition) is 1. The Hall–Kier alpha value is -1.98. The van der Waals surface area contributed by atoms with Crippen molar-refractivity contribution in [1.29, 1.82) is 0 Å². The average Bonchev–Trinajstić information content (AvgIpc) is 3.03. The quantitative estimate of drug-likeness (QED) is 0.659. The number of carbonyl (C=O) groups is 4. The summed E-state index contributed by atoms with van der Waals surface area (Å²) in [6.45, 7) is 6.09. The number of ketones is 2. The number of allylic oxidation sites excluding steroid dienone is 1. The molecule has 6 heteroatoms. The maximum Gasteiger partial charge on any atom is 0.306 e. The van der Waals surface area contributed by atoms with Crippen molar-refractivity contribution in [1.82, 2.24) is 0 Å². The third kappa shape index (κ3) is 3.66. The zero-order valence-electron chi connectivity index (χ0n) is 18.8. The second-order valence-electron chi connectivity index (χ2n) is 10.8. The van der Waals surface area contributed by atoms with Crippen molar-refractivity contribution in [2.75, 3.05) is 0 Å². The predicted octanol–water partition coefficient (Wildman–Crippen LogP) is 4.11. The highest BCUT2D eigenvalue weighted by molar-refractivity contribution is 5.91. The molecule has 0 spiro atoms. The average molecular weight is 431 g/mol. The molecule has 0 aromatic rings. The maximum absolute atomic E-state index is 12.6. The smallest absolute Gasteiger partial charge is 0.306 e. The molecular weight excluding hydrogens is 396 g/mol. The van der Waals surface area contributed by atoms with Gasteiger partial charge in [0.25, 0.3) is 0 Å². The second kappa shape index (κ2) is 7.86. The molecule has 0 heterocycles. The Kier molecular flexibility index (Phi) is 5.63. The minimum atomic E-state index is -1.02. The van der Waals surface area contributed by atoms with Crippen LogP contribution < -0.4 is 0 Å². The van der Waals surface area contributed by atoms with Gasteiger partial charge >= 0.3 is 11.9 Å². The van der Waals surface area contributed by atoms with Crippen molar-refractivity contribution in [3.05, 3.63) is 11.6 Å². The van der Waals surface area contributed by atoms with Gasteiger partial charge in [-0.15, -0.1) is 0 Å². The predicted molar refractivity (Wildman–Crippen MR) is 113 cm³/mol. The van der Waals surface area contributed by atoms with Crippen molar-refractivity contribution in [2.45, 2.75) is 84.7 Å². The van der Waals surface area contributed by atoms with Gasteiger partial charge in [0.05, 0.1) is 12.8 Å². The summed E-state index contributed by atoms with van der Waals surface area (Å²) in [6.07, 6.45) is 6.75. The molecule has 1 N–H and O–H groups in total. The second-order valence-corrected chi connectivity index (χ2v) is 10.8. The molecule has 0 aliphatic heterocycles. The van der Waals surface area contributed by atoms with Crippen LogP contribution in [0.3, 0.4) is 0 Å². The van der Waals surface area contributed by atoms with Crippen LogP contribution in [-0.4, -0.2) is 34.7 Å². The van der Waals surface area contributed by atoms with E-state index in [4.69, 9.17) is 9.84 Å². The van der Waals surface area contributed by atoms with Crippen molar-refractivity contribution >= 4 is 23.5 Å². The largest absolute Gasteiger partial charge is 0.481 e. The van der Waals surface area contributed by atoms with Crippen molar-refractivity contribution in [3.63, 3.8) is 0 Å². The molecule has 4 rings (SSSR count). The number of ether oxygens (including phenoxy) is 1. The van der Waals surface area contributed by atoms with E-state index in [1.807, 2.05) is 6.08 Å². The first-order valence-corrected chi connectivity index (χ1v) is 11.7. The molecular formula is C25H34O6. The van der Waals surface area contributed by atoms with Crippen molar-refractivity contribution < 1.29 is 29.0 Å². The van der Waals surface area contributed by atoms with Crippen LogP contribution in [0.1, 0.15) is 78.6 Å². The number of aliphatic carboxylic acids is 1. The molecule has 3 fully saturated rings. The van der Waals surface area contributed by atoms with Gasteiger partial charge in [0.2, 0.25) is 0 Å². The minimum absolute atomic E-state index is 0.0173. The summed E-state index contributed by atoms with van der Waals surface area (Å²) in [5.74, 6) is -0.248. The van der Waals surface area contributed by atoms with Crippen molar-refractivity contribution in [2.24, 2.45) is 34.5 Å². The number of carboxylic acids is 1. The highest BCUT2D eigenvalue weighted by atomic mass is 16.5. The van der Waals surface area contributed by atoms with E-state index in [9.17, 15) is 19.2 Å². The Labute approximate surface area is 183 Å². The molecule has 4 aliphatic carbocycles. The van der Waals surface area contributed by atoms with E-state index >= 15 is 0 Å². The lowest BCUT2D eigenvalue weighted by Gasteiger charge is -2.60. The molecule has 0 saturated heterocycles. The Morgan fingerprint density at radius 3 is 2.55 bits per heavy atom. The maximum atomic E-state index is 12.6. The van der Waals surface area contributed by atoms with Crippen LogP contribution in [0.15, 0.2) is 11.6 Å². The number of Topliss-reactive ketones (excluding diaryl/α,β-unsaturated/α-hetero) is 1. The topological polar surface area (TPSA) is 97.7 Å². The lowest BCUT2D eigenvalue weighted by Crippen LogP contribution is -2.58. The van der Waals surface area contributed by atoms with Crippen LogP contribution in [0.5, 0.6) is 0 Å². The van der Waals surface area contributed by atoms with Crippen LogP contribution in [0.25, 0.3) is 0 Å². The van der Waals surface area contributed by atoms with Crippen LogP contribution in [0.2, 0.25) is 0 Å². The lowest BCUT2D eigenvalue weighted by molar-refractivity contribution is -0.178. The van der Waals surface area contributed by atoms with E-state index < -0.39 is 11.9 Å². The van der Waals surface area contributed by atoms with Gasteiger partial charge in [-0.3, -0.25) is 19.2 Å². The van der Waals surface area contributed by atoms with Crippen LogP contribution in [0, 0.1) is 34.5 Å². The number of hydrogen-bond acceptors (Lipinski definition) is 5. The van der Waals surface area contributed by atoms with E-state index in [0.717, 1.165) is 32.1 Å². The molecule has 0 aromatic carbocycles. The van der Waals surface area contributed by atoms with Gasteiger partial charge < -0.3 is 9.84 Å². The summed E-state index contributed by atoms with van der Waals surface area (Å²) < 4.78 is 6.03. The van der Waals surface area contributed by atoms with E-state index in [2.05, 4.69) is 13.8 Å². The van der Waals surface area contributed by atoms with Gasteiger partial charge in [-0.25, -0.2) is 0 Å². The van der Waals surface area contributed by atoms with Gasteiger partial charge in [0.15, 0.2) is 5.78 Å². The first kappa shape index (κ1) is 22.2. The van der Waals surface area contributed by atoms with E-state index in [0.29, 0.717) is 24.7 Å². The van der Waals surface area contributed by atoms with Crippen molar-refractivity contribution in [3.8, 4) is 0 Å². The van der Waals surface area contributed by atoms with Crippen LogP contribution in [0.4, 0.5) is 0 Å². The highest BCUT2D eigenvalue weighted by Gasteiger charge is 2.63. The van der Waals surface area contributed by atoms with E-state index in [1.54, 1.807) is 6.92 Å². The zero-order valence-corrected chi connectivity index (χ0v) is 18.8. The summed E-state index contributed by atoms with van der Waals surface area (Å²) in [5.41, 5.74) is 0.790. The third-order valence-electron chi connectivity index (χ3n) is 9.19. The Morgan fingerprint density at radius 1 is 1.13 bits per heavy atom.